The van der Waals surface area contributed by atoms with E-state index in [-0.39, 0.29) is 10.5 Å². The van der Waals surface area contributed by atoms with Crippen LogP contribution in [0.25, 0.3) is 11.3 Å². The molecule has 0 spiro atoms. The predicted molar refractivity (Wildman–Crippen MR) is 116 cm³/mol. The summed E-state index contributed by atoms with van der Waals surface area (Å²) in [5.41, 5.74) is 1.92. The lowest BCUT2D eigenvalue weighted by Gasteiger charge is -2.15. The van der Waals surface area contributed by atoms with Gasteiger partial charge in [-0.3, -0.25) is 10.1 Å². The van der Waals surface area contributed by atoms with Crippen molar-refractivity contribution in [3.05, 3.63) is 59.5 Å². The first-order chi connectivity index (χ1) is 14.5. The topological polar surface area (TPSA) is 88.6 Å². The lowest BCUT2D eigenvalue weighted by atomic mass is 10.2. The number of aromatic nitrogens is 1. The Morgan fingerprint density at radius 1 is 1.13 bits per heavy atom. The molecule has 1 aromatic heterocycles. The third-order valence-corrected chi connectivity index (χ3v) is 7.56. The van der Waals surface area contributed by atoms with Gasteiger partial charge in [0, 0.05) is 29.6 Å². The van der Waals surface area contributed by atoms with E-state index in [1.165, 1.54) is 27.8 Å². The zero-order chi connectivity index (χ0) is 21.1. The van der Waals surface area contributed by atoms with Gasteiger partial charge in [-0.15, -0.1) is 11.3 Å². The van der Waals surface area contributed by atoms with E-state index < -0.39 is 15.9 Å². The van der Waals surface area contributed by atoms with Crippen LogP contribution in [0.2, 0.25) is 0 Å². The molecule has 0 saturated carbocycles. The molecule has 0 unspecified atom stereocenters. The van der Waals surface area contributed by atoms with Gasteiger partial charge in [0.05, 0.1) is 17.7 Å². The normalized spacial score (nSPS) is 14.6. The number of benzene rings is 2. The number of thiazole rings is 1. The van der Waals surface area contributed by atoms with Crippen LogP contribution in [0, 0.1) is 0 Å². The first kappa shape index (κ1) is 20.5. The minimum Gasteiger partial charge on any atom is -0.497 e. The van der Waals surface area contributed by atoms with Gasteiger partial charge in [0.2, 0.25) is 10.0 Å². The van der Waals surface area contributed by atoms with Crippen molar-refractivity contribution >= 4 is 32.4 Å². The van der Waals surface area contributed by atoms with Crippen molar-refractivity contribution < 1.29 is 17.9 Å². The van der Waals surface area contributed by atoms with Crippen molar-refractivity contribution in [1.29, 1.82) is 0 Å². The highest BCUT2D eigenvalue weighted by molar-refractivity contribution is 7.89. The van der Waals surface area contributed by atoms with Gasteiger partial charge in [-0.1, -0.05) is 6.07 Å². The summed E-state index contributed by atoms with van der Waals surface area (Å²) in [5.74, 6) is 0.357. The monoisotopic (exact) mass is 443 g/mol. The molecule has 7 nitrogen and oxygen atoms in total. The number of rotatable bonds is 6. The molecule has 30 heavy (non-hydrogen) atoms. The van der Waals surface area contributed by atoms with Crippen LogP contribution in [0.1, 0.15) is 23.2 Å². The van der Waals surface area contributed by atoms with Gasteiger partial charge in [-0.2, -0.15) is 4.31 Å². The summed E-state index contributed by atoms with van der Waals surface area (Å²) in [6.07, 6.45) is 1.72. The van der Waals surface area contributed by atoms with Gasteiger partial charge in [0.15, 0.2) is 5.13 Å². The molecule has 156 valence electrons. The molecule has 1 aliphatic rings. The third kappa shape index (κ3) is 4.23. The number of hydrogen-bond donors (Lipinski definition) is 1. The van der Waals surface area contributed by atoms with Crippen LogP contribution in [0.3, 0.4) is 0 Å². The third-order valence-electron chi connectivity index (χ3n) is 4.91. The predicted octanol–water partition coefficient (Wildman–Crippen LogP) is 3.86. The second-order valence-corrected chi connectivity index (χ2v) is 9.66. The highest BCUT2D eigenvalue weighted by Crippen LogP contribution is 2.27. The Morgan fingerprint density at radius 2 is 1.87 bits per heavy atom. The fourth-order valence-corrected chi connectivity index (χ4v) is 5.55. The Kier molecular flexibility index (Phi) is 5.85. The molecule has 1 N–H and O–H groups in total. The number of hydrogen-bond acceptors (Lipinski definition) is 6. The van der Waals surface area contributed by atoms with Crippen LogP contribution in [0.4, 0.5) is 5.13 Å². The smallest absolute Gasteiger partial charge is 0.257 e. The Morgan fingerprint density at radius 3 is 2.57 bits per heavy atom. The number of nitrogens with zero attached hydrogens (tertiary/aromatic N) is 2. The Balaban J connectivity index is 1.50. The summed E-state index contributed by atoms with van der Waals surface area (Å²) >= 11 is 1.31. The van der Waals surface area contributed by atoms with E-state index >= 15 is 0 Å². The zero-order valence-corrected chi connectivity index (χ0v) is 18.0. The largest absolute Gasteiger partial charge is 0.497 e. The molecule has 0 bridgehead atoms. The van der Waals surface area contributed by atoms with Gasteiger partial charge in [0.25, 0.3) is 5.91 Å². The summed E-state index contributed by atoms with van der Waals surface area (Å²) in [4.78, 5) is 17.3. The highest BCUT2D eigenvalue weighted by atomic mass is 32.2. The fraction of sp³-hybridized carbons (Fsp3) is 0.238. The van der Waals surface area contributed by atoms with E-state index in [1.807, 2.05) is 29.6 Å². The van der Waals surface area contributed by atoms with Gasteiger partial charge >= 0.3 is 0 Å². The summed E-state index contributed by atoms with van der Waals surface area (Å²) < 4.78 is 32.1. The van der Waals surface area contributed by atoms with E-state index in [1.54, 1.807) is 19.2 Å². The van der Waals surface area contributed by atoms with E-state index in [2.05, 4.69) is 10.3 Å². The van der Waals surface area contributed by atoms with Crippen molar-refractivity contribution in [2.75, 3.05) is 25.5 Å². The SMILES string of the molecule is COc1ccc(-c2csc(NC(=O)c3cccc(S(=O)(=O)N4CCCC4)c3)n2)cc1. The van der Waals surface area contributed by atoms with Gasteiger partial charge < -0.3 is 4.74 Å². The quantitative estimate of drug-likeness (QED) is 0.625. The molecule has 4 rings (SSSR count). The number of carbonyl (C=O) groups is 1. The molecule has 1 fully saturated rings. The number of sulfonamides is 1. The Labute approximate surface area is 179 Å². The maximum atomic E-state index is 12.7. The van der Waals surface area contributed by atoms with Crippen molar-refractivity contribution in [1.82, 2.24) is 9.29 Å². The highest BCUT2D eigenvalue weighted by Gasteiger charge is 2.27. The minimum absolute atomic E-state index is 0.134. The fourth-order valence-electron chi connectivity index (χ4n) is 3.27. The Hall–Kier alpha value is -2.75. The molecular weight excluding hydrogens is 422 g/mol. The molecule has 2 aromatic carbocycles. The van der Waals surface area contributed by atoms with E-state index in [4.69, 9.17) is 4.74 Å². The molecule has 1 saturated heterocycles. The molecule has 2 heterocycles. The van der Waals surface area contributed by atoms with Gasteiger partial charge in [0.1, 0.15) is 5.75 Å². The molecule has 1 amide bonds. The number of carbonyl (C=O) groups excluding carboxylic acids is 1. The number of nitrogens with one attached hydrogen (secondary N) is 1. The second-order valence-electron chi connectivity index (χ2n) is 6.86. The van der Waals surface area contributed by atoms with Crippen LogP contribution in [-0.2, 0) is 10.0 Å². The standard InChI is InChI=1S/C21H21N3O4S2/c1-28-17-9-7-15(8-10-17)19-14-29-21(22-19)23-20(25)16-5-4-6-18(13-16)30(26,27)24-11-2-3-12-24/h4-10,13-14H,2-3,11-12H2,1H3,(H,22,23,25). The number of ether oxygens (including phenoxy) is 1. The zero-order valence-electron chi connectivity index (χ0n) is 16.4. The van der Waals surface area contributed by atoms with Gasteiger partial charge in [-0.25, -0.2) is 13.4 Å². The molecule has 9 heteroatoms. The molecule has 3 aromatic rings. The summed E-state index contributed by atoms with van der Waals surface area (Å²) in [6, 6.07) is 13.6. The van der Waals surface area contributed by atoms with Crippen molar-refractivity contribution in [2.45, 2.75) is 17.7 Å². The van der Waals surface area contributed by atoms with Crippen LogP contribution < -0.4 is 10.1 Å². The number of methoxy groups -OCH3 is 1. The second kappa shape index (κ2) is 8.55. The lowest BCUT2D eigenvalue weighted by Crippen LogP contribution is -2.28. The van der Waals surface area contributed by atoms with Crippen LogP contribution in [0.5, 0.6) is 5.75 Å². The van der Waals surface area contributed by atoms with Crippen LogP contribution in [0.15, 0.2) is 58.8 Å². The maximum Gasteiger partial charge on any atom is 0.257 e. The summed E-state index contributed by atoms with van der Waals surface area (Å²) in [6.45, 7) is 1.04. The Bertz CT molecular complexity index is 1150. The molecule has 0 radical (unpaired) electrons. The minimum atomic E-state index is -3.58. The molecule has 0 atom stereocenters. The first-order valence-corrected chi connectivity index (χ1v) is 11.8. The van der Waals surface area contributed by atoms with Crippen LogP contribution >= 0.6 is 11.3 Å². The number of amides is 1. The van der Waals surface area contributed by atoms with Crippen molar-refractivity contribution in [3.8, 4) is 17.0 Å². The molecule has 0 aliphatic carbocycles. The molecular formula is C21H21N3O4S2. The van der Waals surface area contributed by atoms with Crippen molar-refractivity contribution in [2.24, 2.45) is 0 Å². The maximum absolute atomic E-state index is 12.7. The van der Waals surface area contributed by atoms with E-state index in [0.29, 0.717) is 18.2 Å². The summed E-state index contributed by atoms with van der Waals surface area (Å²) in [7, 11) is -1.97. The first-order valence-electron chi connectivity index (χ1n) is 9.49. The van der Waals surface area contributed by atoms with Crippen LogP contribution in [-0.4, -0.2) is 43.8 Å². The van der Waals surface area contributed by atoms with Crippen molar-refractivity contribution in [3.63, 3.8) is 0 Å². The van der Waals surface area contributed by atoms with Gasteiger partial charge in [-0.05, 0) is 55.3 Å². The van der Waals surface area contributed by atoms with E-state index in [0.717, 1.165) is 29.8 Å². The average molecular weight is 444 g/mol. The lowest BCUT2D eigenvalue weighted by molar-refractivity contribution is 0.102. The average Bonchev–Trinajstić information content (AvgIpc) is 3.47. The van der Waals surface area contributed by atoms with E-state index in [9.17, 15) is 13.2 Å². The molecule has 1 aliphatic heterocycles. The number of anilines is 1. The summed E-state index contributed by atoms with van der Waals surface area (Å²) in [5, 5.41) is 5.05.